The lowest BCUT2D eigenvalue weighted by Gasteiger charge is -2.43. The van der Waals surface area contributed by atoms with Crippen LogP contribution < -0.4 is 10.6 Å². The van der Waals surface area contributed by atoms with Gasteiger partial charge in [-0.05, 0) is 79.6 Å². The first kappa shape index (κ1) is 59.4. The highest BCUT2D eigenvalue weighted by Crippen LogP contribution is 2.46. The zero-order valence-corrected chi connectivity index (χ0v) is 39.9. The minimum absolute atomic E-state index is 0.00754. The van der Waals surface area contributed by atoms with Gasteiger partial charge in [-0.15, -0.1) is 0 Å². The fraction of sp³-hybridized carbons (Fsp3) is 0.957. The van der Waals surface area contributed by atoms with E-state index >= 15 is 0 Å². The maximum absolute atomic E-state index is 12.9. The molecule has 54 heavy (non-hydrogen) atoms. The topological polar surface area (TPSA) is 85.9 Å². The number of carbonyl (C=O) groups is 2. The van der Waals surface area contributed by atoms with Crippen molar-refractivity contribution in [2.24, 2.45) is 27.6 Å². The number of amides is 1. The molecule has 7 heteroatoms. The molecule has 0 aliphatic heterocycles. The molecule has 1 atom stereocenters. The maximum Gasteiger partial charge on any atom is 0.408 e. The van der Waals surface area contributed by atoms with E-state index in [1.165, 1.54) is 57.8 Å². The molecule has 0 spiro atoms. The van der Waals surface area contributed by atoms with Crippen LogP contribution in [0.1, 0.15) is 226 Å². The number of alkyl carbamates (subject to hydrolysis) is 1. The Bertz CT molecular complexity index is 819. The summed E-state index contributed by atoms with van der Waals surface area (Å²) in [4.78, 5) is 24.8. The van der Waals surface area contributed by atoms with Crippen molar-refractivity contribution in [3.63, 3.8) is 0 Å². The molecule has 0 fully saturated rings. The van der Waals surface area contributed by atoms with Crippen molar-refractivity contribution in [2.45, 2.75) is 226 Å². The van der Waals surface area contributed by atoms with Crippen LogP contribution in [0, 0.1) is 27.6 Å². The first-order chi connectivity index (χ1) is 25.4. The second-order valence-corrected chi connectivity index (χ2v) is 17.7. The monoisotopic (exact) mass is 773 g/mol. The van der Waals surface area contributed by atoms with Crippen LogP contribution in [0.15, 0.2) is 0 Å². The molecule has 0 saturated heterocycles. The van der Waals surface area contributed by atoms with Gasteiger partial charge in [-0.2, -0.15) is 0 Å². The summed E-state index contributed by atoms with van der Waals surface area (Å²) in [6, 6.07) is 0. The van der Waals surface area contributed by atoms with Gasteiger partial charge < -0.3 is 24.8 Å². The zero-order valence-electron chi connectivity index (χ0n) is 39.9. The molecular formula is C47H100N2O5. The molecule has 0 aromatic carbocycles. The van der Waals surface area contributed by atoms with Crippen molar-refractivity contribution in [3.8, 4) is 0 Å². The van der Waals surface area contributed by atoms with Crippen LogP contribution >= 0.6 is 0 Å². The molecule has 0 aliphatic rings. The number of carbonyl (C=O) groups excluding carboxylic acids is 2. The number of hydrogen-bond donors (Lipinski definition) is 2. The standard InChI is InChI=1S/C35H70N2O4.C6H14O.C4H10.C2H6/c1-12-14-16-17-20-29(27-41-31(39)37-28-36-11)21-18-19-23-33(5,6)35(9,10)26-30(38)40-25-24-34(7,8)32(3,4)22-15-13-2;1-3-5-7-6-4-2;1-3-4-2;1-2/h29,36H,12-28H2,1-11H3,(H,37,39);3-6H2,1-2H3;3-4H2,1-2H3;1-2H3. The number of unbranched alkanes of at least 4 members (excludes halogenated alkanes) is 6. The SMILES string of the molecule is CC.CCCC.CCCCCCC(CCCCC(C)(C)C(C)(C)CC(=O)OCCC(C)(C)C(C)(C)CCCC)COC(=O)NCNC.CCCOCCC. The van der Waals surface area contributed by atoms with Gasteiger partial charge in [0.05, 0.1) is 26.3 Å². The Kier molecular flexibility index (Phi) is 40.9. The quantitative estimate of drug-likeness (QED) is 0.0447. The Morgan fingerprint density at radius 1 is 0.537 bits per heavy atom. The van der Waals surface area contributed by atoms with E-state index in [1.807, 2.05) is 13.8 Å². The summed E-state index contributed by atoms with van der Waals surface area (Å²) in [6.07, 6.45) is 19.9. The van der Waals surface area contributed by atoms with Gasteiger partial charge in [-0.1, -0.05) is 175 Å². The van der Waals surface area contributed by atoms with E-state index in [0.717, 1.165) is 64.6 Å². The van der Waals surface area contributed by atoms with E-state index in [0.29, 0.717) is 32.2 Å². The summed E-state index contributed by atoms with van der Waals surface area (Å²) in [6.45, 7) is 38.6. The Balaban J connectivity index is -0.000000821. The van der Waals surface area contributed by atoms with Crippen LogP contribution in [0.25, 0.3) is 0 Å². The Morgan fingerprint density at radius 3 is 1.50 bits per heavy atom. The largest absolute Gasteiger partial charge is 0.466 e. The van der Waals surface area contributed by atoms with Crippen molar-refractivity contribution >= 4 is 12.1 Å². The van der Waals surface area contributed by atoms with Crippen molar-refractivity contribution in [1.82, 2.24) is 10.6 Å². The highest BCUT2D eigenvalue weighted by Gasteiger charge is 2.39. The van der Waals surface area contributed by atoms with Gasteiger partial charge in [0.1, 0.15) is 0 Å². The molecule has 2 N–H and O–H groups in total. The second-order valence-electron chi connectivity index (χ2n) is 17.7. The smallest absolute Gasteiger partial charge is 0.408 e. The van der Waals surface area contributed by atoms with Gasteiger partial charge in [-0.3, -0.25) is 4.79 Å². The molecular weight excluding hydrogens is 673 g/mol. The molecule has 0 aromatic heterocycles. The number of rotatable bonds is 29. The second kappa shape index (κ2) is 37.2. The van der Waals surface area contributed by atoms with Gasteiger partial charge in [0.2, 0.25) is 0 Å². The number of ether oxygens (including phenoxy) is 3. The number of hydrogen-bond acceptors (Lipinski definition) is 6. The minimum Gasteiger partial charge on any atom is -0.466 e. The molecule has 0 aliphatic carbocycles. The predicted octanol–water partition coefficient (Wildman–Crippen LogP) is 14.3. The lowest BCUT2D eigenvalue weighted by Crippen LogP contribution is -2.36. The Morgan fingerprint density at radius 2 is 1.02 bits per heavy atom. The zero-order chi connectivity index (χ0) is 42.5. The van der Waals surface area contributed by atoms with Crippen LogP contribution in [-0.2, 0) is 19.0 Å². The van der Waals surface area contributed by atoms with Crippen molar-refractivity contribution in [1.29, 1.82) is 0 Å². The van der Waals surface area contributed by atoms with Gasteiger partial charge in [0, 0.05) is 13.2 Å². The fourth-order valence-corrected chi connectivity index (χ4v) is 5.67. The van der Waals surface area contributed by atoms with Gasteiger partial charge in [0.25, 0.3) is 0 Å². The molecule has 1 amide bonds. The van der Waals surface area contributed by atoms with Crippen LogP contribution in [0.5, 0.6) is 0 Å². The highest BCUT2D eigenvalue weighted by molar-refractivity contribution is 5.70. The lowest BCUT2D eigenvalue weighted by atomic mass is 9.63. The summed E-state index contributed by atoms with van der Waals surface area (Å²) in [5.74, 6) is 0.320. The molecule has 0 heterocycles. The molecule has 1 unspecified atom stereocenters. The van der Waals surface area contributed by atoms with E-state index in [2.05, 4.69) is 108 Å². The summed E-state index contributed by atoms with van der Waals surface area (Å²) in [5.41, 5.74) is 0.185. The van der Waals surface area contributed by atoms with Crippen molar-refractivity contribution < 1.29 is 23.8 Å². The van der Waals surface area contributed by atoms with Crippen LogP contribution in [0.2, 0.25) is 0 Å². The van der Waals surface area contributed by atoms with E-state index in [-0.39, 0.29) is 33.7 Å². The van der Waals surface area contributed by atoms with Crippen molar-refractivity contribution in [3.05, 3.63) is 0 Å². The molecule has 0 radical (unpaired) electrons. The summed E-state index contributed by atoms with van der Waals surface area (Å²) < 4.78 is 16.4. The van der Waals surface area contributed by atoms with Crippen LogP contribution in [0.4, 0.5) is 4.79 Å². The first-order valence-electron chi connectivity index (χ1n) is 22.7. The first-order valence-corrected chi connectivity index (χ1v) is 22.7. The third-order valence-electron chi connectivity index (χ3n) is 11.6. The van der Waals surface area contributed by atoms with E-state index in [1.54, 1.807) is 7.05 Å². The lowest BCUT2D eigenvalue weighted by molar-refractivity contribution is -0.149. The number of nitrogens with one attached hydrogen (secondary N) is 2. The van der Waals surface area contributed by atoms with Crippen LogP contribution in [-0.4, -0.2) is 52.2 Å². The fourth-order valence-electron chi connectivity index (χ4n) is 5.67. The molecule has 0 bridgehead atoms. The molecule has 0 saturated carbocycles. The average Bonchev–Trinajstić information content (AvgIpc) is 3.12. The maximum atomic E-state index is 12.9. The van der Waals surface area contributed by atoms with Crippen molar-refractivity contribution in [2.75, 3.05) is 40.1 Å². The van der Waals surface area contributed by atoms with Gasteiger partial charge >= 0.3 is 12.1 Å². The summed E-state index contributed by atoms with van der Waals surface area (Å²) >= 11 is 0. The predicted molar refractivity (Wildman–Crippen MR) is 237 cm³/mol. The summed E-state index contributed by atoms with van der Waals surface area (Å²) in [5, 5.41) is 5.61. The molecule has 0 aromatic rings. The Labute approximate surface area is 339 Å². The highest BCUT2D eigenvalue weighted by atomic mass is 16.5. The molecule has 7 nitrogen and oxygen atoms in total. The van der Waals surface area contributed by atoms with Gasteiger partial charge in [-0.25, -0.2) is 4.79 Å². The third kappa shape index (κ3) is 32.9. The van der Waals surface area contributed by atoms with E-state index < -0.39 is 0 Å². The number of esters is 1. The molecule has 0 rings (SSSR count). The minimum atomic E-state index is -0.351. The third-order valence-corrected chi connectivity index (χ3v) is 11.6. The average molecular weight is 773 g/mol. The molecule has 328 valence electrons. The van der Waals surface area contributed by atoms with E-state index in [4.69, 9.17) is 14.2 Å². The van der Waals surface area contributed by atoms with Crippen LogP contribution in [0.3, 0.4) is 0 Å². The van der Waals surface area contributed by atoms with Gasteiger partial charge in [0.15, 0.2) is 0 Å². The van der Waals surface area contributed by atoms with E-state index in [9.17, 15) is 9.59 Å². The summed E-state index contributed by atoms with van der Waals surface area (Å²) in [7, 11) is 1.79. The normalized spacial score (nSPS) is 12.2. The Hall–Kier alpha value is -1.34.